The van der Waals surface area contributed by atoms with E-state index in [9.17, 15) is 4.79 Å². The van der Waals surface area contributed by atoms with Crippen molar-refractivity contribution in [2.75, 3.05) is 5.32 Å². The fourth-order valence-corrected chi connectivity index (χ4v) is 2.31. The predicted molar refractivity (Wildman–Crippen MR) is 96.7 cm³/mol. The van der Waals surface area contributed by atoms with Crippen molar-refractivity contribution in [3.05, 3.63) is 47.0 Å². The molecule has 1 amide bonds. The second-order valence-electron chi connectivity index (χ2n) is 6.83. The molecule has 0 fully saturated rings. The molecule has 1 N–H and O–H groups in total. The van der Waals surface area contributed by atoms with E-state index >= 15 is 0 Å². The van der Waals surface area contributed by atoms with Crippen LogP contribution in [0.2, 0.25) is 5.02 Å². The van der Waals surface area contributed by atoms with Crippen LogP contribution >= 0.6 is 11.6 Å². The Morgan fingerprint density at radius 1 is 1.08 bits per heavy atom. The molecule has 6 heteroatoms. The van der Waals surface area contributed by atoms with Crippen molar-refractivity contribution in [2.24, 2.45) is 5.41 Å². The minimum atomic E-state index is -0.453. The van der Waals surface area contributed by atoms with Gasteiger partial charge in [-0.15, -0.1) is 10.2 Å². The van der Waals surface area contributed by atoms with Crippen LogP contribution in [-0.2, 0) is 4.79 Å². The standard InChI is InChI=1S/C18H19ClN4O/c1-11-5-7-13(10-14(11)19)23-21-15-8-6-12(9-16(15)22-23)20-17(24)18(2,3)4/h5-10H,1-4H3,(H,20,24). The van der Waals surface area contributed by atoms with Crippen LogP contribution in [-0.4, -0.2) is 20.9 Å². The van der Waals surface area contributed by atoms with Crippen LogP contribution in [0.3, 0.4) is 0 Å². The zero-order valence-electron chi connectivity index (χ0n) is 14.1. The molecule has 0 radical (unpaired) electrons. The van der Waals surface area contributed by atoms with Gasteiger partial charge in [0.05, 0.1) is 5.69 Å². The summed E-state index contributed by atoms with van der Waals surface area (Å²) in [7, 11) is 0. The highest BCUT2D eigenvalue weighted by Gasteiger charge is 2.21. The Morgan fingerprint density at radius 3 is 2.46 bits per heavy atom. The monoisotopic (exact) mass is 342 g/mol. The minimum Gasteiger partial charge on any atom is -0.326 e. The fraction of sp³-hybridized carbons (Fsp3) is 0.278. The first kappa shape index (κ1) is 16.5. The number of halogens is 1. The zero-order valence-corrected chi connectivity index (χ0v) is 14.8. The van der Waals surface area contributed by atoms with E-state index in [1.54, 1.807) is 4.80 Å². The molecule has 0 spiro atoms. The van der Waals surface area contributed by atoms with E-state index in [2.05, 4.69) is 15.5 Å². The van der Waals surface area contributed by atoms with Crippen LogP contribution in [0.4, 0.5) is 5.69 Å². The van der Waals surface area contributed by atoms with Gasteiger partial charge in [-0.05, 0) is 42.8 Å². The average Bonchev–Trinajstić information content (AvgIpc) is 2.92. The topological polar surface area (TPSA) is 59.8 Å². The number of rotatable bonds is 2. The highest BCUT2D eigenvalue weighted by molar-refractivity contribution is 6.31. The van der Waals surface area contributed by atoms with Gasteiger partial charge in [0.2, 0.25) is 5.91 Å². The number of hydrogen-bond acceptors (Lipinski definition) is 3. The summed E-state index contributed by atoms with van der Waals surface area (Å²) in [4.78, 5) is 13.6. The Bertz CT molecular complexity index is 924. The van der Waals surface area contributed by atoms with Gasteiger partial charge in [0.15, 0.2) is 0 Å². The number of benzene rings is 2. The van der Waals surface area contributed by atoms with Crippen LogP contribution in [0, 0.1) is 12.3 Å². The summed E-state index contributed by atoms with van der Waals surface area (Å²) in [6.07, 6.45) is 0. The van der Waals surface area contributed by atoms with E-state index in [0.29, 0.717) is 16.2 Å². The van der Waals surface area contributed by atoms with E-state index in [1.807, 2.05) is 64.1 Å². The molecule has 24 heavy (non-hydrogen) atoms. The molecule has 0 unspecified atom stereocenters. The van der Waals surface area contributed by atoms with E-state index in [-0.39, 0.29) is 5.91 Å². The van der Waals surface area contributed by atoms with Crippen molar-refractivity contribution in [1.29, 1.82) is 0 Å². The molecule has 0 aliphatic heterocycles. The van der Waals surface area contributed by atoms with Gasteiger partial charge < -0.3 is 5.32 Å². The first-order chi connectivity index (χ1) is 11.2. The highest BCUT2D eigenvalue weighted by Crippen LogP contribution is 2.22. The third-order valence-corrected chi connectivity index (χ3v) is 4.11. The number of carbonyl (C=O) groups excluding carboxylic acids is 1. The second kappa shape index (κ2) is 5.91. The maximum atomic E-state index is 12.1. The fourth-order valence-electron chi connectivity index (χ4n) is 2.13. The van der Waals surface area contributed by atoms with Crippen molar-refractivity contribution in [3.8, 4) is 5.69 Å². The van der Waals surface area contributed by atoms with Crippen molar-refractivity contribution in [1.82, 2.24) is 15.0 Å². The molecule has 0 atom stereocenters. The molecule has 0 saturated carbocycles. The SMILES string of the molecule is Cc1ccc(-n2nc3ccc(NC(=O)C(C)(C)C)cc3n2)cc1Cl. The third kappa shape index (κ3) is 3.26. The molecule has 0 bridgehead atoms. The number of amides is 1. The van der Waals surface area contributed by atoms with Crippen molar-refractivity contribution >= 4 is 34.2 Å². The molecular formula is C18H19ClN4O. The molecule has 1 heterocycles. The van der Waals surface area contributed by atoms with Crippen molar-refractivity contribution < 1.29 is 4.79 Å². The van der Waals surface area contributed by atoms with Gasteiger partial charge in [-0.2, -0.15) is 4.80 Å². The second-order valence-corrected chi connectivity index (χ2v) is 7.24. The van der Waals surface area contributed by atoms with Crippen molar-refractivity contribution in [2.45, 2.75) is 27.7 Å². The summed E-state index contributed by atoms with van der Waals surface area (Å²) in [6, 6.07) is 11.2. The van der Waals surface area contributed by atoms with Crippen LogP contribution in [0.1, 0.15) is 26.3 Å². The lowest BCUT2D eigenvalue weighted by Crippen LogP contribution is -2.27. The summed E-state index contributed by atoms with van der Waals surface area (Å²) in [5.74, 6) is -0.0421. The van der Waals surface area contributed by atoms with Gasteiger partial charge in [0.1, 0.15) is 11.0 Å². The summed E-state index contributed by atoms with van der Waals surface area (Å²) in [6.45, 7) is 7.57. The Labute approximate surface area is 145 Å². The molecule has 124 valence electrons. The smallest absolute Gasteiger partial charge is 0.229 e. The Hall–Kier alpha value is -2.40. The number of aromatic nitrogens is 3. The van der Waals surface area contributed by atoms with Gasteiger partial charge in [-0.1, -0.05) is 38.4 Å². The number of hydrogen-bond donors (Lipinski definition) is 1. The first-order valence-corrected chi connectivity index (χ1v) is 8.07. The molecular weight excluding hydrogens is 324 g/mol. The van der Waals surface area contributed by atoms with Crippen LogP contribution in [0.5, 0.6) is 0 Å². The lowest BCUT2D eigenvalue weighted by molar-refractivity contribution is -0.123. The first-order valence-electron chi connectivity index (χ1n) is 7.69. The molecule has 3 rings (SSSR count). The summed E-state index contributed by atoms with van der Waals surface area (Å²) in [5, 5.41) is 12.5. The number of aryl methyl sites for hydroxylation is 1. The number of nitrogens with zero attached hydrogens (tertiary/aromatic N) is 3. The highest BCUT2D eigenvalue weighted by atomic mass is 35.5. The van der Waals surface area contributed by atoms with Gasteiger partial charge in [0, 0.05) is 16.1 Å². The molecule has 0 aliphatic carbocycles. The van der Waals surface area contributed by atoms with E-state index in [4.69, 9.17) is 11.6 Å². The number of nitrogens with one attached hydrogen (secondary N) is 1. The molecule has 0 saturated heterocycles. The van der Waals surface area contributed by atoms with Crippen LogP contribution < -0.4 is 5.32 Å². The average molecular weight is 343 g/mol. The molecule has 0 aliphatic rings. The quantitative estimate of drug-likeness (QED) is 0.752. The lowest BCUT2D eigenvalue weighted by atomic mass is 9.95. The van der Waals surface area contributed by atoms with Gasteiger partial charge in [0.25, 0.3) is 0 Å². The Morgan fingerprint density at radius 2 is 1.79 bits per heavy atom. The number of fused-ring (bicyclic) bond motifs is 1. The largest absolute Gasteiger partial charge is 0.326 e. The predicted octanol–water partition coefficient (Wildman–Crippen LogP) is 4.37. The van der Waals surface area contributed by atoms with E-state index in [0.717, 1.165) is 16.8 Å². The van der Waals surface area contributed by atoms with Gasteiger partial charge in [-0.25, -0.2) is 0 Å². The van der Waals surface area contributed by atoms with Crippen LogP contribution in [0.15, 0.2) is 36.4 Å². The van der Waals surface area contributed by atoms with E-state index in [1.165, 1.54) is 0 Å². The molecule has 2 aromatic carbocycles. The van der Waals surface area contributed by atoms with Gasteiger partial charge >= 0.3 is 0 Å². The minimum absolute atomic E-state index is 0.0421. The van der Waals surface area contributed by atoms with Gasteiger partial charge in [-0.3, -0.25) is 4.79 Å². The number of anilines is 1. The summed E-state index contributed by atoms with van der Waals surface area (Å²) < 4.78 is 0. The Balaban J connectivity index is 1.94. The molecule has 5 nitrogen and oxygen atoms in total. The lowest BCUT2D eigenvalue weighted by Gasteiger charge is -2.17. The normalized spacial score (nSPS) is 11.7. The van der Waals surface area contributed by atoms with E-state index < -0.39 is 5.41 Å². The summed E-state index contributed by atoms with van der Waals surface area (Å²) in [5.41, 5.74) is 3.51. The van der Waals surface area contributed by atoms with Crippen LogP contribution in [0.25, 0.3) is 16.7 Å². The third-order valence-electron chi connectivity index (χ3n) is 3.71. The summed E-state index contributed by atoms with van der Waals surface area (Å²) >= 11 is 6.17. The number of carbonyl (C=O) groups is 1. The Kier molecular flexibility index (Phi) is 4.05. The molecule has 3 aromatic rings. The van der Waals surface area contributed by atoms with Crippen molar-refractivity contribution in [3.63, 3.8) is 0 Å². The maximum absolute atomic E-state index is 12.1. The zero-order chi connectivity index (χ0) is 17.5. The maximum Gasteiger partial charge on any atom is 0.229 e. The molecule has 1 aromatic heterocycles.